The first-order valence-electron chi connectivity index (χ1n) is 6.58. The normalized spacial score (nSPS) is 14.6. The van der Waals surface area contributed by atoms with Crippen LogP contribution in [0.1, 0.15) is 12.0 Å². The molecule has 1 aliphatic rings. The fourth-order valence-electron chi connectivity index (χ4n) is 2.03. The quantitative estimate of drug-likeness (QED) is 0.795. The lowest BCUT2D eigenvalue weighted by Crippen LogP contribution is -2.37. The standard InChI is InChI=1S/C16H17NO4/c1-20-13-7-8-14(21-2)12(11-13)6-9-16(19)17-10-4-3-5-15(17)18/h3,5-9,11H,4,10H2,1-2H3/b9-6+. The Kier molecular flexibility index (Phi) is 4.77. The van der Waals surface area contributed by atoms with E-state index in [4.69, 9.17) is 9.47 Å². The molecule has 0 bridgehead atoms. The van der Waals surface area contributed by atoms with E-state index in [0.717, 1.165) is 0 Å². The number of hydrogen-bond donors (Lipinski definition) is 0. The molecule has 0 atom stereocenters. The van der Waals surface area contributed by atoms with Crippen molar-refractivity contribution in [3.8, 4) is 11.5 Å². The molecule has 2 amide bonds. The summed E-state index contributed by atoms with van der Waals surface area (Å²) in [6.45, 7) is 0.410. The van der Waals surface area contributed by atoms with Crippen LogP contribution < -0.4 is 9.47 Å². The summed E-state index contributed by atoms with van der Waals surface area (Å²) in [6, 6.07) is 5.30. The minimum absolute atomic E-state index is 0.284. The van der Waals surface area contributed by atoms with Gasteiger partial charge in [0.25, 0.3) is 11.8 Å². The molecule has 0 fully saturated rings. The molecule has 1 heterocycles. The maximum Gasteiger partial charge on any atom is 0.253 e. The molecule has 0 radical (unpaired) electrons. The first-order valence-corrected chi connectivity index (χ1v) is 6.58. The SMILES string of the molecule is COc1ccc(OC)c(/C=C/C(=O)N2CCC=CC2=O)c1. The van der Waals surface area contributed by atoms with Crippen molar-refractivity contribution in [3.63, 3.8) is 0 Å². The van der Waals surface area contributed by atoms with Crippen molar-refractivity contribution in [1.29, 1.82) is 0 Å². The van der Waals surface area contributed by atoms with Crippen LogP contribution in [-0.4, -0.2) is 37.5 Å². The van der Waals surface area contributed by atoms with Gasteiger partial charge in [-0.25, -0.2) is 0 Å². The van der Waals surface area contributed by atoms with Crippen LogP contribution in [0.4, 0.5) is 0 Å². The summed E-state index contributed by atoms with van der Waals surface area (Å²) in [5.41, 5.74) is 0.713. The van der Waals surface area contributed by atoms with Gasteiger partial charge in [0.05, 0.1) is 14.2 Å². The molecule has 0 saturated heterocycles. The van der Waals surface area contributed by atoms with E-state index in [1.165, 1.54) is 17.1 Å². The molecule has 21 heavy (non-hydrogen) atoms. The van der Waals surface area contributed by atoms with Crippen molar-refractivity contribution >= 4 is 17.9 Å². The maximum absolute atomic E-state index is 12.0. The number of imide groups is 1. The molecule has 5 nitrogen and oxygen atoms in total. The van der Waals surface area contributed by atoms with Crippen molar-refractivity contribution in [1.82, 2.24) is 4.90 Å². The van der Waals surface area contributed by atoms with Gasteiger partial charge in [0.1, 0.15) is 11.5 Å². The number of ether oxygens (including phenoxy) is 2. The van der Waals surface area contributed by atoms with E-state index < -0.39 is 0 Å². The second kappa shape index (κ2) is 6.74. The monoisotopic (exact) mass is 287 g/mol. The first-order chi connectivity index (χ1) is 10.2. The van der Waals surface area contributed by atoms with Crippen LogP contribution in [0.5, 0.6) is 11.5 Å². The van der Waals surface area contributed by atoms with Crippen molar-refractivity contribution in [2.75, 3.05) is 20.8 Å². The van der Waals surface area contributed by atoms with Crippen molar-refractivity contribution < 1.29 is 19.1 Å². The van der Waals surface area contributed by atoms with Gasteiger partial charge in [-0.05, 0) is 36.8 Å². The number of amides is 2. The molecule has 0 aromatic heterocycles. The van der Waals surface area contributed by atoms with E-state index in [0.29, 0.717) is 30.0 Å². The van der Waals surface area contributed by atoms with Gasteiger partial charge in [-0.3, -0.25) is 14.5 Å². The molecule has 0 N–H and O–H groups in total. The third-order valence-electron chi connectivity index (χ3n) is 3.15. The number of methoxy groups -OCH3 is 2. The number of carbonyl (C=O) groups is 2. The van der Waals surface area contributed by atoms with Crippen LogP contribution in [0.3, 0.4) is 0 Å². The van der Waals surface area contributed by atoms with E-state index >= 15 is 0 Å². The molecular formula is C16H17NO4. The van der Waals surface area contributed by atoms with Crippen LogP contribution in [0, 0.1) is 0 Å². The van der Waals surface area contributed by atoms with Gasteiger partial charge >= 0.3 is 0 Å². The Hall–Kier alpha value is -2.56. The smallest absolute Gasteiger partial charge is 0.253 e. The highest BCUT2D eigenvalue weighted by Crippen LogP contribution is 2.25. The van der Waals surface area contributed by atoms with Crippen LogP contribution in [0.15, 0.2) is 36.4 Å². The zero-order valence-electron chi connectivity index (χ0n) is 12.0. The molecule has 0 aliphatic carbocycles. The zero-order valence-corrected chi connectivity index (χ0v) is 12.0. The minimum Gasteiger partial charge on any atom is -0.497 e. The predicted octanol–water partition coefficient (Wildman–Crippen LogP) is 2.03. The molecule has 1 aliphatic heterocycles. The molecule has 0 saturated carbocycles. The van der Waals surface area contributed by atoms with Gasteiger partial charge in [0.15, 0.2) is 0 Å². The number of nitrogens with zero attached hydrogens (tertiary/aromatic N) is 1. The summed E-state index contributed by atoms with van der Waals surface area (Å²) >= 11 is 0. The Labute approximate surface area is 123 Å². The summed E-state index contributed by atoms with van der Waals surface area (Å²) in [4.78, 5) is 24.9. The summed E-state index contributed by atoms with van der Waals surface area (Å²) in [5.74, 6) is 0.673. The van der Waals surface area contributed by atoms with Gasteiger partial charge in [-0.2, -0.15) is 0 Å². The van der Waals surface area contributed by atoms with E-state index in [9.17, 15) is 9.59 Å². The first kappa shape index (κ1) is 14.8. The Morgan fingerprint density at radius 3 is 2.76 bits per heavy atom. The van der Waals surface area contributed by atoms with Gasteiger partial charge in [0.2, 0.25) is 0 Å². The van der Waals surface area contributed by atoms with E-state index in [1.54, 1.807) is 44.6 Å². The fourth-order valence-corrected chi connectivity index (χ4v) is 2.03. The van der Waals surface area contributed by atoms with Gasteiger partial charge < -0.3 is 9.47 Å². The minimum atomic E-state index is -0.339. The van der Waals surface area contributed by atoms with Crippen LogP contribution in [-0.2, 0) is 9.59 Å². The lowest BCUT2D eigenvalue weighted by Gasteiger charge is -2.19. The lowest BCUT2D eigenvalue weighted by atomic mass is 10.1. The average molecular weight is 287 g/mol. The molecule has 110 valence electrons. The van der Waals surface area contributed by atoms with E-state index in [-0.39, 0.29) is 11.8 Å². The Bertz CT molecular complexity index is 604. The third-order valence-corrected chi connectivity index (χ3v) is 3.15. The summed E-state index contributed by atoms with van der Waals surface area (Å²) in [7, 11) is 3.12. The van der Waals surface area contributed by atoms with Gasteiger partial charge in [-0.15, -0.1) is 0 Å². The molecule has 0 unspecified atom stereocenters. The molecule has 5 heteroatoms. The summed E-state index contributed by atoms with van der Waals surface area (Å²) in [5, 5.41) is 0. The molecule has 0 spiro atoms. The molecule has 1 aromatic rings. The van der Waals surface area contributed by atoms with Gasteiger partial charge in [0, 0.05) is 18.2 Å². The number of rotatable bonds is 4. The van der Waals surface area contributed by atoms with Crippen LogP contribution in [0.2, 0.25) is 0 Å². The summed E-state index contributed by atoms with van der Waals surface area (Å²) in [6.07, 6.45) is 6.86. The van der Waals surface area contributed by atoms with Crippen LogP contribution in [0.25, 0.3) is 6.08 Å². The Morgan fingerprint density at radius 1 is 1.29 bits per heavy atom. The van der Waals surface area contributed by atoms with Gasteiger partial charge in [-0.1, -0.05) is 6.08 Å². The van der Waals surface area contributed by atoms with Crippen LogP contribution >= 0.6 is 0 Å². The largest absolute Gasteiger partial charge is 0.497 e. The second-order valence-electron chi connectivity index (χ2n) is 4.46. The summed E-state index contributed by atoms with van der Waals surface area (Å²) < 4.78 is 10.4. The van der Waals surface area contributed by atoms with Crippen molar-refractivity contribution in [3.05, 3.63) is 42.0 Å². The zero-order chi connectivity index (χ0) is 15.2. The topological polar surface area (TPSA) is 55.8 Å². The highest BCUT2D eigenvalue weighted by molar-refractivity contribution is 6.07. The Balaban J connectivity index is 2.18. The van der Waals surface area contributed by atoms with Crippen molar-refractivity contribution in [2.45, 2.75) is 6.42 Å². The van der Waals surface area contributed by atoms with Crippen molar-refractivity contribution in [2.24, 2.45) is 0 Å². The number of benzene rings is 1. The number of carbonyl (C=O) groups excluding carboxylic acids is 2. The number of hydrogen-bond acceptors (Lipinski definition) is 4. The average Bonchev–Trinajstić information content (AvgIpc) is 2.52. The Morgan fingerprint density at radius 2 is 2.10 bits per heavy atom. The highest BCUT2D eigenvalue weighted by Gasteiger charge is 2.18. The molecular weight excluding hydrogens is 270 g/mol. The highest BCUT2D eigenvalue weighted by atomic mass is 16.5. The third kappa shape index (κ3) is 3.51. The maximum atomic E-state index is 12.0. The molecule has 2 rings (SSSR count). The molecule has 1 aromatic carbocycles. The van der Waals surface area contributed by atoms with E-state index in [1.807, 2.05) is 0 Å². The lowest BCUT2D eigenvalue weighted by molar-refractivity contribution is -0.139. The predicted molar refractivity (Wildman–Crippen MR) is 79.1 cm³/mol. The van der Waals surface area contributed by atoms with E-state index in [2.05, 4.69) is 0 Å². The second-order valence-corrected chi connectivity index (χ2v) is 4.46. The fraction of sp³-hybridized carbons (Fsp3) is 0.250.